The molecule has 5 rings (SSSR count). The molecule has 0 bridgehead atoms. The fourth-order valence-electron chi connectivity index (χ4n) is 5.02. The molecule has 0 aliphatic carbocycles. The van der Waals surface area contributed by atoms with Crippen LogP contribution in [0.1, 0.15) is 86.8 Å². The van der Waals surface area contributed by atoms with Crippen molar-refractivity contribution in [3.63, 3.8) is 0 Å². The van der Waals surface area contributed by atoms with Gasteiger partial charge in [-0.1, -0.05) is 41.5 Å². The van der Waals surface area contributed by atoms with Gasteiger partial charge in [0.2, 0.25) is 0 Å². The number of fused-ring (bicyclic) bond motifs is 1. The SMILES string of the molecule is CC(C)(C)c1cc(-c2csc(C3CCN(C(=O)c4ccc5n[nH]nc5c4)CC3)n2)cc(C(C)(C)C)c1O. The van der Waals surface area contributed by atoms with E-state index >= 15 is 0 Å². The Labute approximate surface area is 221 Å². The number of phenolic OH excluding ortho intramolecular Hbond substituents is 1. The Morgan fingerprint density at radius 2 is 1.59 bits per heavy atom. The van der Waals surface area contributed by atoms with Crippen LogP contribution in [0.25, 0.3) is 22.3 Å². The fraction of sp³-hybridized carbons (Fsp3) is 0.448. The van der Waals surface area contributed by atoms with Gasteiger partial charge in [-0.05, 0) is 54.0 Å². The van der Waals surface area contributed by atoms with Crippen molar-refractivity contribution in [3.05, 3.63) is 57.4 Å². The van der Waals surface area contributed by atoms with Crippen LogP contribution in [-0.2, 0) is 10.8 Å². The molecular weight excluding hydrogens is 482 g/mol. The first-order chi connectivity index (χ1) is 17.4. The summed E-state index contributed by atoms with van der Waals surface area (Å²) in [7, 11) is 0. The van der Waals surface area contributed by atoms with E-state index < -0.39 is 0 Å². The summed E-state index contributed by atoms with van der Waals surface area (Å²) in [5, 5.41) is 25.1. The van der Waals surface area contributed by atoms with E-state index in [0.29, 0.717) is 35.8 Å². The number of aromatic amines is 1. The number of piperidine rings is 1. The van der Waals surface area contributed by atoms with Crippen LogP contribution in [0, 0.1) is 0 Å². The zero-order valence-electron chi connectivity index (χ0n) is 22.4. The molecule has 1 amide bonds. The summed E-state index contributed by atoms with van der Waals surface area (Å²) in [5.74, 6) is 0.762. The molecule has 7 nitrogen and oxygen atoms in total. The molecule has 1 saturated heterocycles. The molecule has 2 aromatic carbocycles. The van der Waals surface area contributed by atoms with Crippen LogP contribution in [0.3, 0.4) is 0 Å². The van der Waals surface area contributed by atoms with Crippen LogP contribution in [0.5, 0.6) is 5.75 Å². The number of H-pyrrole nitrogens is 1. The van der Waals surface area contributed by atoms with Crippen molar-refractivity contribution in [1.29, 1.82) is 0 Å². The molecule has 0 radical (unpaired) electrons. The lowest BCUT2D eigenvalue weighted by atomic mass is 9.78. The Hall–Kier alpha value is -3.26. The molecule has 8 heteroatoms. The van der Waals surface area contributed by atoms with Crippen molar-refractivity contribution in [2.24, 2.45) is 0 Å². The minimum Gasteiger partial charge on any atom is -0.507 e. The molecule has 1 aliphatic heterocycles. The van der Waals surface area contributed by atoms with Crippen LogP contribution in [0.2, 0.25) is 0 Å². The van der Waals surface area contributed by atoms with Gasteiger partial charge in [0.1, 0.15) is 16.8 Å². The van der Waals surface area contributed by atoms with Crippen molar-refractivity contribution in [1.82, 2.24) is 25.3 Å². The second kappa shape index (κ2) is 9.24. The molecule has 0 atom stereocenters. The number of amides is 1. The van der Waals surface area contributed by atoms with Gasteiger partial charge in [0, 0.05) is 46.6 Å². The predicted molar refractivity (Wildman–Crippen MR) is 148 cm³/mol. The Morgan fingerprint density at radius 1 is 0.973 bits per heavy atom. The Bertz CT molecular complexity index is 1410. The van der Waals surface area contributed by atoms with E-state index in [4.69, 9.17) is 4.98 Å². The third kappa shape index (κ3) is 4.99. The number of phenols is 1. The quantitative estimate of drug-likeness (QED) is 0.328. The minimum atomic E-state index is -0.184. The molecular formula is C29H35N5O2S. The summed E-state index contributed by atoms with van der Waals surface area (Å²) in [5.41, 5.74) is 5.63. The van der Waals surface area contributed by atoms with Gasteiger partial charge in [-0.2, -0.15) is 15.4 Å². The summed E-state index contributed by atoms with van der Waals surface area (Å²) in [6.45, 7) is 14.2. The molecule has 37 heavy (non-hydrogen) atoms. The molecule has 2 N–H and O–H groups in total. The molecule has 0 unspecified atom stereocenters. The summed E-state index contributed by atoms with van der Waals surface area (Å²) < 4.78 is 0. The Kier molecular flexibility index (Phi) is 6.34. The predicted octanol–water partition coefficient (Wildman–Crippen LogP) is 6.40. The van der Waals surface area contributed by atoms with Crippen LogP contribution in [-0.4, -0.2) is 49.4 Å². The highest BCUT2D eigenvalue weighted by Gasteiger charge is 2.29. The monoisotopic (exact) mass is 517 g/mol. The third-order valence-electron chi connectivity index (χ3n) is 7.24. The Balaban J connectivity index is 1.33. The van der Waals surface area contributed by atoms with Gasteiger partial charge in [0.25, 0.3) is 5.91 Å². The normalized spacial score (nSPS) is 15.5. The van der Waals surface area contributed by atoms with Gasteiger partial charge in [0.05, 0.1) is 10.7 Å². The van der Waals surface area contributed by atoms with E-state index in [1.807, 2.05) is 17.0 Å². The van der Waals surface area contributed by atoms with Gasteiger partial charge in [-0.15, -0.1) is 11.3 Å². The fourth-order valence-corrected chi connectivity index (χ4v) is 6.02. The number of nitrogens with one attached hydrogen (secondary N) is 1. The van der Waals surface area contributed by atoms with Gasteiger partial charge in [-0.3, -0.25) is 4.79 Å². The second-order valence-corrected chi connectivity index (χ2v) is 13.0. The van der Waals surface area contributed by atoms with E-state index in [1.54, 1.807) is 17.4 Å². The zero-order valence-corrected chi connectivity index (χ0v) is 23.2. The van der Waals surface area contributed by atoms with Gasteiger partial charge in [0.15, 0.2) is 0 Å². The van der Waals surface area contributed by atoms with Crippen molar-refractivity contribution >= 4 is 28.3 Å². The van der Waals surface area contributed by atoms with E-state index in [9.17, 15) is 9.90 Å². The van der Waals surface area contributed by atoms with Crippen molar-refractivity contribution in [2.45, 2.75) is 71.1 Å². The molecule has 3 heterocycles. The van der Waals surface area contributed by atoms with Crippen molar-refractivity contribution in [2.75, 3.05) is 13.1 Å². The van der Waals surface area contributed by atoms with Crippen LogP contribution in [0.4, 0.5) is 0 Å². The number of rotatable bonds is 3. The molecule has 1 aliphatic rings. The number of likely N-dealkylation sites (tertiary alicyclic amines) is 1. The molecule has 2 aromatic heterocycles. The molecule has 1 fully saturated rings. The molecule has 194 valence electrons. The van der Waals surface area contributed by atoms with E-state index in [2.05, 4.69) is 74.5 Å². The first-order valence-corrected chi connectivity index (χ1v) is 13.7. The first kappa shape index (κ1) is 25.4. The van der Waals surface area contributed by atoms with Gasteiger partial charge >= 0.3 is 0 Å². The number of hydrogen-bond donors (Lipinski definition) is 2. The maximum Gasteiger partial charge on any atom is 0.253 e. The number of carbonyl (C=O) groups is 1. The largest absolute Gasteiger partial charge is 0.507 e. The van der Waals surface area contributed by atoms with E-state index in [-0.39, 0.29) is 16.7 Å². The van der Waals surface area contributed by atoms with Crippen molar-refractivity contribution < 1.29 is 9.90 Å². The highest BCUT2D eigenvalue weighted by molar-refractivity contribution is 7.10. The van der Waals surface area contributed by atoms with Crippen LogP contribution >= 0.6 is 11.3 Å². The molecule has 4 aromatic rings. The number of hydrogen-bond acceptors (Lipinski definition) is 6. The van der Waals surface area contributed by atoms with Crippen LogP contribution in [0.15, 0.2) is 35.7 Å². The number of nitrogens with zero attached hydrogens (tertiary/aromatic N) is 4. The van der Waals surface area contributed by atoms with E-state index in [1.165, 1.54) is 0 Å². The highest BCUT2D eigenvalue weighted by atomic mass is 32.1. The first-order valence-electron chi connectivity index (χ1n) is 12.9. The lowest BCUT2D eigenvalue weighted by molar-refractivity contribution is 0.0713. The van der Waals surface area contributed by atoms with Gasteiger partial charge < -0.3 is 10.0 Å². The van der Waals surface area contributed by atoms with Crippen LogP contribution < -0.4 is 0 Å². The highest BCUT2D eigenvalue weighted by Crippen LogP contribution is 2.42. The standard InChI is InChI=1S/C29H35N5O2S/c1-28(2,3)20-13-19(14-21(25(20)35)29(4,5)6)24-16-37-26(30-24)17-9-11-34(12-10-17)27(36)18-7-8-22-23(15-18)32-33-31-22/h7-8,13-17,35H,9-12H2,1-6H3,(H,31,32,33). The average Bonchev–Trinajstić information content (AvgIpc) is 3.52. The summed E-state index contributed by atoms with van der Waals surface area (Å²) >= 11 is 1.69. The topological polar surface area (TPSA) is 95.0 Å². The van der Waals surface area contributed by atoms with E-state index in [0.717, 1.165) is 45.8 Å². The number of carbonyl (C=O) groups excluding carboxylic acids is 1. The average molecular weight is 518 g/mol. The lowest BCUT2D eigenvalue weighted by Gasteiger charge is -2.31. The number of thiazole rings is 1. The van der Waals surface area contributed by atoms with Gasteiger partial charge in [-0.25, -0.2) is 4.98 Å². The number of benzene rings is 2. The molecule has 0 saturated carbocycles. The summed E-state index contributed by atoms with van der Waals surface area (Å²) in [6.07, 6.45) is 1.78. The Morgan fingerprint density at radius 3 is 2.22 bits per heavy atom. The maximum absolute atomic E-state index is 13.1. The smallest absolute Gasteiger partial charge is 0.253 e. The summed E-state index contributed by atoms with van der Waals surface area (Å²) in [6, 6.07) is 9.64. The minimum absolute atomic E-state index is 0.0386. The number of aromatic hydroxyl groups is 1. The third-order valence-corrected chi connectivity index (χ3v) is 8.25. The maximum atomic E-state index is 13.1. The summed E-state index contributed by atoms with van der Waals surface area (Å²) in [4.78, 5) is 20.1. The zero-order chi connectivity index (χ0) is 26.5. The van der Waals surface area contributed by atoms with Crippen molar-refractivity contribution in [3.8, 4) is 17.0 Å². The lowest BCUT2D eigenvalue weighted by Crippen LogP contribution is -2.37. The second-order valence-electron chi connectivity index (χ2n) is 12.1. The molecule has 0 spiro atoms. The number of aromatic nitrogens is 4.